The molecule has 0 saturated heterocycles. The topological polar surface area (TPSA) is 0 Å². The first kappa shape index (κ1) is 9.21. The van der Waals surface area contributed by atoms with Crippen molar-refractivity contribution in [1.82, 2.24) is 0 Å². The number of allylic oxidation sites excluding steroid dienone is 2. The second kappa shape index (κ2) is 2.75. The van der Waals surface area contributed by atoms with Gasteiger partial charge in [0.25, 0.3) is 0 Å². The van der Waals surface area contributed by atoms with Crippen LogP contribution in [0.5, 0.6) is 0 Å². The molecule has 0 heterocycles. The lowest BCUT2D eigenvalue weighted by atomic mass is 9.81. The highest BCUT2D eigenvalue weighted by molar-refractivity contribution is 5.82. The summed E-state index contributed by atoms with van der Waals surface area (Å²) in [7, 11) is 0. The maximum atomic E-state index is 2.36. The fourth-order valence-electron chi connectivity index (χ4n) is 3.22. The molecule has 0 unspecified atom stereocenters. The maximum Gasteiger partial charge on any atom is 0.0114 e. The third kappa shape index (κ3) is 1.03. The second-order valence-corrected chi connectivity index (χ2v) is 5.42. The van der Waals surface area contributed by atoms with E-state index in [-0.39, 0.29) is 5.41 Å². The van der Waals surface area contributed by atoms with E-state index in [0.29, 0.717) is 0 Å². The van der Waals surface area contributed by atoms with E-state index in [1.165, 1.54) is 19.3 Å². The quantitative estimate of drug-likeness (QED) is 0.589. The van der Waals surface area contributed by atoms with Crippen LogP contribution >= 0.6 is 0 Å². The van der Waals surface area contributed by atoms with E-state index in [4.69, 9.17) is 0 Å². The number of rotatable bonds is 0. The average Bonchev–Trinajstić information content (AvgIpc) is 2.43. The molecule has 0 N–H and O–H groups in total. The molecule has 0 aliphatic heterocycles. The first-order valence-electron chi connectivity index (χ1n) is 5.95. The fourth-order valence-corrected chi connectivity index (χ4v) is 3.22. The van der Waals surface area contributed by atoms with E-state index in [1.807, 2.05) is 0 Å². The summed E-state index contributed by atoms with van der Waals surface area (Å²) >= 11 is 0. The third-order valence-corrected chi connectivity index (χ3v) is 4.39. The summed E-state index contributed by atoms with van der Waals surface area (Å²) in [5, 5.41) is 0. The van der Waals surface area contributed by atoms with E-state index in [2.05, 4.69) is 39.0 Å². The van der Waals surface area contributed by atoms with Crippen LogP contribution in [0.4, 0.5) is 0 Å². The summed E-state index contributed by atoms with van der Waals surface area (Å²) in [5.41, 5.74) is 8.27. The van der Waals surface area contributed by atoms with Crippen LogP contribution in [0.2, 0.25) is 0 Å². The Morgan fingerprint density at radius 3 is 2.73 bits per heavy atom. The lowest BCUT2D eigenvalue weighted by molar-refractivity contribution is 0.638. The summed E-state index contributed by atoms with van der Waals surface area (Å²) in [4.78, 5) is 0. The minimum atomic E-state index is 0.269. The van der Waals surface area contributed by atoms with Gasteiger partial charge < -0.3 is 0 Å². The van der Waals surface area contributed by atoms with Crippen LogP contribution in [0, 0.1) is 0 Å². The van der Waals surface area contributed by atoms with Gasteiger partial charge in [-0.15, -0.1) is 0 Å². The minimum absolute atomic E-state index is 0.269. The van der Waals surface area contributed by atoms with Crippen molar-refractivity contribution < 1.29 is 0 Å². The Labute approximate surface area is 92.0 Å². The molecule has 0 aromatic heterocycles. The fraction of sp³-hybridized carbons (Fsp3) is 0.467. The van der Waals surface area contributed by atoms with Crippen LogP contribution in [-0.2, 0) is 11.8 Å². The molecule has 1 aromatic carbocycles. The second-order valence-electron chi connectivity index (χ2n) is 5.42. The van der Waals surface area contributed by atoms with Gasteiger partial charge in [-0.1, -0.05) is 37.6 Å². The molecule has 0 saturated carbocycles. The standard InChI is InChI=1S/C15H18/c1-10-12-8-4-6-11-7-5-9-13(14(11)12)15(10,2)3/h5,7,9H,4,6,8H2,1-3H3. The first-order valence-corrected chi connectivity index (χ1v) is 5.95. The van der Waals surface area contributed by atoms with Crippen molar-refractivity contribution in [2.24, 2.45) is 0 Å². The number of benzene rings is 1. The van der Waals surface area contributed by atoms with Crippen LogP contribution in [0.25, 0.3) is 5.57 Å². The molecule has 78 valence electrons. The van der Waals surface area contributed by atoms with Crippen molar-refractivity contribution in [3.63, 3.8) is 0 Å². The summed E-state index contributed by atoms with van der Waals surface area (Å²) in [6, 6.07) is 6.87. The highest BCUT2D eigenvalue weighted by atomic mass is 14.4. The first-order chi connectivity index (χ1) is 7.12. The van der Waals surface area contributed by atoms with Crippen molar-refractivity contribution in [3.05, 3.63) is 40.5 Å². The Hall–Kier alpha value is -1.04. The zero-order valence-electron chi connectivity index (χ0n) is 9.85. The molecule has 0 spiro atoms. The van der Waals surface area contributed by atoms with E-state index >= 15 is 0 Å². The maximum absolute atomic E-state index is 2.36. The van der Waals surface area contributed by atoms with Gasteiger partial charge in [-0.3, -0.25) is 0 Å². The highest BCUT2D eigenvalue weighted by Crippen LogP contribution is 2.50. The van der Waals surface area contributed by atoms with E-state index in [0.717, 1.165) is 0 Å². The van der Waals surface area contributed by atoms with Crippen molar-refractivity contribution >= 4 is 5.57 Å². The zero-order chi connectivity index (χ0) is 10.6. The number of hydrogen-bond donors (Lipinski definition) is 0. The van der Waals surface area contributed by atoms with E-state index < -0.39 is 0 Å². The molecule has 0 fully saturated rings. The van der Waals surface area contributed by atoms with E-state index in [1.54, 1.807) is 27.8 Å². The van der Waals surface area contributed by atoms with Crippen LogP contribution in [0.1, 0.15) is 50.3 Å². The molecule has 0 atom stereocenters. The SMILES string of the molecule is CC1=C2CCCc3cccc(c32)C1(C)C. The summed E-state index contributed by atoms with van der Waals surface area (Å²) in [6.07, 6.45) is 3.90. The Kier molecular flexibility index (Phi) is 1.69. The smallest absolute Gasteiger partial charge is 0.0114 e. The molecule has 2 aliphatic rings. The average molecular weight is 198 g/mol. The number of hydrogen-bond acceptors (Lipinski definition) is 0. The Balaban J connectivity index is 2.37. The van der Waals surface area contributed by atoms with Crippen LogP contribution < -0.4 is 0 Å². The Morgan fingerprint density at radius 2 is 1.93 bits per heavy atom. The van der Waals surface area contributed by atoms with Crippen molar-refractivity contribution in [2.75, 3.05) is 0 Å². The van der Waals surface area contributed by atoms with Gasteiger partial charge >= 0.3 is 0 Å². The Morgan fingerprint density at radius 1 is 1.13 bits per heavy atom. The summed E-state index contributed by atoms with van der Waals surface area (Å²) in [6.45, 7) is 7.05. The molecule has 0 amide bonds. The molecule has 15 heavy (non-hydrogen) atoms. The van der Waals surface area contributed by atoms with Crippen LogP contribution in [0.3, 0.4) is 0 Å². The zero-order valence-corrected chi connectivity index (χ0v) is 9.85. The van der Waals surface area contributed by atoms with Gasteiger partial charge in [-0.05, 0) is 48.4 Å². The van der Waals surface area contributed by atoms with Crippen molar-refractivity contribution in [3.8, 4) is 0 Å². The normalized spacial score (nSPS) is 21.8. The van der Waals surface area contributed by atoms with Gasteiger partial charge in [0.1, 0.15) is 0 Å². The monoisotopic (exact) mass is 198 g/mol. The van der Waals surface area contributed by atoms with Crippen LogP contribution in [-0.4, -0.2) is 0 Å². The molecule has 0 heteroatoms. The molecule has 1 aromatic rings. The molecule has 2 aliphatic carbocycles. The molecular weight excluding hydrogens is 180 g/mol. The predicted molar refractivity (Wildman–Crippen MR) is 65.0 cm³/mol. The van der Waals surface area contributed by atoms with E-state index in [9.17, 15) is 0 Å². The summed E-state index contributed by atoms with van der Waals surface area (Å²) in [5.74, 6) is 0. The molecular formula is C15H18. The van der Waals surface area contributed by atoms with Gasteiger partial charge in [0.05, 0.1) is 0 Å². The van der Waals surface area contributed by atoms with Gasteiger partial charge in [0, 0.05) is 5.41 Å². The Bertz CT molecular complexity index is 461. The molecule has 0 nitrogen and oxygen atoms in total. The van der Waals surface area contributed by atoms with Gasteiger partial charge in [-0.25, -0.2) is 0 Å². The molecule has 3 rings (SSSR count). The summed E-state index contributed by atoms with van der Waals surface area (Å²) < 4.78 is 0. The highest BCUT2D eigenvalue weighted by Gasteiger charge is 2.37. The number of aryl methyl sites for hydroxylation is 1. The van der Waals surface area contributed by atoms with Gasteiger partial charge in [0.2, 0.25) is 0 Å². The minimum Gasteiger partial charge on any atom is -0.0616 e. The largest absolute Gasteiger partial charge is 0.0616 e. The molecule has 0 radical (unpaired) electrons. The van der Waals surface area contributed by atoms with Gasteiger partial charge in [-0.2, -0.15) is 0 Å². The third-order valence-electron chi connectivity index (χ3n) is 4.39. The molecule has 0 bridgehead atoms. The van der Waals surface area contributed by atoms with Gasteiger partial charge in [0.15, 0.2) is 0 Å². The lowest BCUT2D eigenvalue weighted by Gasteiger charge is -2.22. The predicted octanol–water partition coefficient (Wildman–Crippen LogP) is 4.09. The van der Waals surface area contributed by atoms with Crippen LogP contribution in [0.15, 0.2) is 23.8 Å². The van der Waals surface area contributed by atoms with Crippen molar-refractivity contribution in [1.29, 1.82) is 0 Å². The van der Waals surface area contributed by atoms with Crippen molar-refractivity contribution in [2.45, 2.75) is 45.4 Å². The lowest BCUT2D eigenvalue weighted by Crippen LogP contribution is -2.15.